The highest BCUT2D eigenvalue weighted by molar-refractivity contribution is 7.99. The molecule has 2 atom stereocenters. The van der Waals surface area contributed by atoms with Crippen LogP contribution in [-0.4, -0.2) is 48.0 Å². The monoisotopic (exact) mass is 242 g/mol. The highest BCUT2D eigenvalue weighted by Gasteiger charge is 2.28. The second kappa shape index (κ2) is 5.92. The lowest BCUT2D eigenvalue weighted by atomic mass is 10.1. The second-order valence-electron chi connectivity index (χ2n) is 4.73. The topological polar surface area (TPSA) is 32.3 Å². The average molecular weight is 242 g/mol. The van der Waals surface area contributed by atoms with E-state index in [0.29, 0.717) is 17.9 Å². The van der Waals surface area contributed by atoms with Crippen molar-refractivity contribution in [1.82, 2.24) is 10.2 Å². The molecule has 1 N–H and O–H groups in total. The van der Waals surface area contributed by atoms with Gasteiger partial charge in [0.2, 0.25) is 5.91 Å². The highest BCUT2D eigenvalue weighted by atomic mass is 32.2. The molecule has 16 heavy (non-hydrogen) atoms. The van der Waals surface area contributed by atoms with Crippen molar-refractivity contribution in [2.24, 2.45) is 5.92 Å². The minimum absolute atomic E-state index is 0.298. The summed E-state index contributed by atoms with van der Waals surface area (Å²) >= 11 is 1.92. The van der Waals surface area contributed by atoms with E-state index >= 15 is 0 Å². The van der Waals surface area contributed by atoms with E-state index in [2.05, 4.69) is 17.1 Å². The first-order valence-electron chi connectivity index (χ1n) is 6.41. The molecule has 0 aliphatic carbocycles. The second-order valence-corrected chi connectivity index (χ2v) is 5.88. The number of carbonyl (C=O) groups excluding carboxylic acids is 1. The number of rotatable bonds is 4. The van der Waals surface area contributed by atoms with Crippen molar-refractivity contribution in [1.29, 1.82) is 0 Å². The van der Waals surface area contributed by atoms with Gasteiger partial charge in [-0.15, -0.1) is 0 Å². The molecular formula is C12H22N2OS. The Morgan fingerprint density at radius 2 is 2.38 bits per heavy atom. The summed E-state index contributed by atoms with van der Waals surface area (Å²) in [6, 6.07) is 0.540. The zero-order valence-corrected chi connectivity index (χ0v) is 10.9. The van der Waals surface area contributed by atoms with Crippen molar-refractivity contribution in [2.75, 3.05) is 31.1 Å². The normalized spacial score (nSPS) is 29.6. The molecule has 0 aromatic rings. The molecule has 2 unspecified atom stereocenters. The lowest BCUT2D eigenvalue weighted by Crippen LogP contribution is -2.43. The maximum absolute atomic E-state index is 12.2. The molecule has 0 radical (unpaired) electrons. The maximum Gasteiger partial charge on any atom is 0.226 e. The molecule has 4 heteroatoms. The van der Waals surface area contributed by atoms with Crippen LogP contribution in [0, 0.1) is 5.92 Å². The van der Waals surface area contributed by atoms with Crippen LogP contribution in [0.3, 0.4) is 0 Å². The maximum atomic E-state index is 12.2. The van der Waals surface area contributed by atoms with Gasteiger partial charge in [-0.05, 0) is 38.5 Å². The largest absolute Gasteiger partial charge is 0.341 e. The summed E-state index contributed by atoms with van der Waals surface area (Å²) in [6.07, 6.45) is 3.57. The Hall–Kier alpha value is -0.220. The van der Waals surface area contributed by atoms with Crippen LogP contribution in [-0.2, 0) is 4.79 Å². The third-order valence-electron chi connectivity index (χ3n) is 3.58. The van der Waals surface area contributed by atoms with Crippen LogP contribution in [0.2, 0.25) is 0 Å². The minimum atomic E-state index is 0.298. The van der Waals surface area contributed by atoms with Gasteiger partial charge in [-0.2, -0.15) is 11.8 Å². The summed E-state index contributed by atoms with van der Waals surface area (Å²) in [4.78, 5) is 14.3. The van der Waals surface area contributed by atoms with Crippen LogP contribution in [0.25, 0.3) is 0 Å². The van der Waals surface area contributed by atoms with Crippen molar-refractivity contribution < 1.29 is 4.79 Å². The van der Waals surface area contributed by atoms with Gasteiger partial charge in [0.25, 0.3) is 0 Å². The first kappa shape index (κ1) is 12.2. The molecule has 2 aliphatic heterocycles. The fourth-order valence-electron chi connectivity index (χ4n) is 2.54. The molecule has 0 bridgehead atoms. The summed E-state index contributed by atoms with van der Waals surface area (Å²) in [5.41, 5.74) is 0. The number of likely N-dealkylation sites (N-methyl/N-ethyl adjacent to an activating group) is 1. The Labute approximate surface area is 102 Å². The molecule has 2 rings (SSSR count). The van der Waals surface area contributed by atoms with E-state index < -0.39 is 0 Å². The predicted molar refractivity (Wildman–Crippen MR) is 68.7 cm³/mol. The number of nitrogens with one attached hydrogen (secondary N) is 1. The number of amides is 1. The zero-order chi connectivity index (χ0) is 11.4. The molecule has 2 aliphatic rings. The van der Waals surface area contributed by atoms with E-state index in [4.69, 9.17) is 0 Å². The van der Waals surface area contributed by atoms with E-state index in [1.54, 1.807) is 0 Å². The van der Waals surface area contributed by atoms with Crippen LogP contribution < -0.4 is 5.32 Å². The van der Waals surface area contributed by atoms with Crippen molar-refractivity contribution in [3.8, 4) is 0 Å². The molecule has 2 heterocycles. The van der Waals surface area contributed by atoms with E-state index in [0.717, 1.165) is 37.6 Å². The smallest absolute Gasteiger partial charge is 0.226 e. The van der Waals surface area contributed by atoms with Gasteiger partial charge in [0.15, 0.2) is 0 Å². The lowest BCUT2D eigenvalue weighted by Gasteiger charge is -2.26. The van der Waals surface area contributed by atoms with Gasteiger partial charge in [0, 0.05) is 30.8 Å². The Bertz CT molecular complexity index is 235. The first-order valence-corrected chi connectivity index (χ1v) is 7.56. The summed E-state index contributed by atoms with van der Waals surface area (Å²) in [5.74, 6) is 2.89. The Kier molecular flexibility index (Phi) is 4.53. The molecule has 2 fully saturated rings. The van der Waals surface area contributed by atoms with Crippen molar-refractivity contribution in [3.63, 3.8) is 0 Å². The zero-order valence-electron chi connectivity index (χ0n) is 10.1. The number of thioether (sulfide) groups is 1. The number of nitrogens with zero attached hydrogens (tertiary/aromatic N) is 1. The third-order valence-corrected chi connectivity index (χ3v) is 4.74. The first-order chi connectivity index (χ1) is 7.81. The van der Waals surface area contributed by atoms with Crippen molar-refractivity contribution in [3.05, 3.63) is 0 Å². The van der Waals surface area contributed by atoms with Gasteiger partial charge in [-0.1, -0.05) is 0 Å². The fraction of sp³-hybridized carbons (Fsp3) is 0.917. The average Bonchev–Trinajstić information content (AvgIpc) is 2.97. The quantitative estimate of drug-likeness (QED) is 0.807. The van der Waals surface area contributed by atoms with Gasteiger partial charge in [-0.3, -0.25) is 4.79 Å². The molecule has 1 amide bonds. The Morgan fingerprint density at radius 3 is 2.94 bits per heavy atom. The minimum Gasteiger partial charge on any atom is -0.341 e. The van der Waals surface area contributed by atoms with Crippen LogP contribution in [0.5, 0.6) is 0 Å². The molecule has 0 spiro atoms. The van der Waals surface area contributed by atoms with Crippen LogP contribution in [0.4, 0.5) is 0 Å². The molecule has 3 nitrogen and oxygen atoms in total. The van der Waals surface area contributed by atoms with E-state index in [9.17, 15) is 4.79 Å². The Balaban J connectivity index is 1.84. The van der Waals surface area contributed by atoms with Gasteiger partial charge < -0.3 is 10.2 Å². The molecule has 2 saturated heterocycles. The molecule has 0 aromatic heterocycles. The molecule has 0 aromatic carbocycles. The summed E-state index contributed by atoms with van der Waals surface area (Å²) in [6.45, 7) is 4.99. The van der Waals surface area contributed by atoms with Gasteiger partial charge in [-0.25, -0.2) is 0 Å². The standard InChI is InChI=1S/C12H22N2OS/c1-2-14(8-11-4-3-6-13-11)12(15)10-5-7-16-9-10/h10-11,13H,2-9H2,1H3. The van der Waals surface area contributed by atoms with Crippen LogP contribution in [0.15, 0.2) is 0 Å². The van der Waals surface area contributed by atoms with Crippen molar-refractivity contribution in [2.45, 2.75) is 32.2 Å². The third kappa shape index (κ3) is 2.92. The van der Waals surface area contributed by atoms with Gasteiger partial charge in [0.05, 0.1) is 0 Å². The predicted octanol–water partition coefficient (Wildman–Crippen LogP) is 1.34. The summed E-state index contributed by atoms with van der Waals surface area (Å²) < 4.78 is 0. The molecule has 92 valence electrons. The van der Waals surface area contributed by atoms with E-state index in [1.807, 2.05) is 11.8 Å². The Morgan fingerprint density at radius 1 is 1.50 bits per heavy atom. The lowest BCUT2D eigenvalue weighted by molar-refractivity contribution is -0.134. The van der Waals surface area contributed by atoms with Crippen LogP contribution >= 0.6 is 11.8 Å². The van der Waals surface area contributed by atoms with Gasteiger partial charge in [0.1, 0.15) is 0 Å². The summed E-state index contributed by atoms with van der Waals surface area (Å²) in [7, 11) is 0. The number of hydrogen-bond donors (Lipinski definition) is 1. The van der Waals surface area contributed by atoms with Crippen molar-refractivity contribution >= 4 is 17.7 Å². The number of hydrogen-bond acceptors (Lipinski definition) is 3. The van der Waals surface area contributed by atoms with Crippen LogP contribution in [0.1, 0.15) is 26.2 Å². The number of carbonyl (C=O) groups is 1. The van der Waals surface area contributed by atoms with E-state index in [1.165, 1.54) is 12.8 Å². The molecular weight excluding hydrogens is 220 g/mol. The SMILES string of the molecule is CCN(CC1CCCN1)C(=O)C1CCSC1. The van der Waals surface area contributed by atoms with Gasteiger partial charge >= 0.3 is 0 Å². The highest BCUT2D eigenvalue weighted by Crippen LogP contribution is 2.25. The van der Waals surface area contributed by atoms with E-state index in [-0.39, 0.29) is 0 Å². The summed E-state index contributed by atoms with van der Waals surface area (Å²) in [5, 5.41) is 3.47. The molecule has 0 saturated carbocycles. The fourth-order valence-corrected chi connectivity index (χ4v) is 3.75.